The van der Waals surface area contributed by atoms with Crippen LogP contribution in [0.3, 0.4) is 0 Å². The van der Waals surface area contributed by atoms with Gasteiger partial charge in [0.05, 0.1) is 10.8 Å². The van der Waals surface area contributed by atoms with Crippen molar-refractivity contribution in [1.82, 2.24) is 0 Å². The van der Waals surface area contributed by atoms with Crippen LogP contribution in [0.4, 0.5) is 8.78 Å². The summed E-state index contributed by atoms with van der Waals surface area (Å²) in [5, 5.41) is -2.09. The van der Waals surface area contributed by atoms with E-state index in [4.69, 9.17) is 0 Å². The first-order valence-electron chi connectivity index (χ1n) is 5.40. The van der Waals surface area contributed by atoms with Gasteiger partial charge in [0, 0.05) is 6.07 Å². The van der Waals surface area contributed by atoms with E-state index in [1.54, 1.807) is 0 Å². The van der Waals surface area contributed by atoms with Gasteiger partial charge in [0.1, 0.15) is 16.9 Å². The van der Waals surface area contributed by atoms with E-state index >= 15 is 0 Å². The molecule has 0 radical (unpaired) electrons. The zero-order valence-corrected chi connectivity index (χ0v) is 11.1. The van der Waals surface area contributed by atoms with Gasteiger partial charge in [-0.15, -0.1) is 0 Å². The number of benzene rings is 1. The molecular weight excluding hydrogens is 262 g/mol. The van der Waals surface area contributed by atoms with Crippen LogP contribution in [0.2, 0.25) is 0 Å². The van der Waals surface area contributed by atoms with Crippen LogP contribution in [0.5, 0.6) is 0 Å². The third-order valence-electron chi connectivity index (χ3n) is 2.72. The number of hydrogen-bond acceptors (Lipinski definition) is 3. The fourth-order valence-electron chi connectivity index (χ4n) is 1.47. The average Bonchev–Trinajstić information content (AvgIpc) is 2.26. The molecule has 3 nitrogen and oxygen atoms in total. The summed E-state index contributed by atoms with van der Waals surface area (Å²) in [6.45, 7) is 4.10. The standard InChI is InChI=1S/C12H14F2O3S/c1-7(2)18(16,17)8(3)12(15)10-5-4-9(13)6-11(10)14/h4-8H,1-3H3. The largest absolute Gasteiger partial charge is 0.293 e. The minimum absolute atomic E-state index is 0.409. The van der Waals surface area contributed by atoms with E-state index in [0.29, 0.717) is 6.07 Å². The highest BCUT2D eigenvalue weighted by atomic mass is 32.2. The second kappa shape index (κ2) is 5.14. The van der Waals surface area contributed by atoms with Crippen molar-refractivity contribution in [3.05, 3.63) is 35.4 Å². The molecule has 0 fully saturated rings. The van der Waals surface area contributed by atoms with Gasteiger partial charge in [-0.05, 0) is 32.9 Å². The van der Waals surface area contributed by atoms with E-state index in [0.717, 1.165) is 12.1 Å². The van der Waals surface area contributed by atoms with Crippen molar-refractivity contribution in [2.45, 2.75) is 31.3 Å². The van der Waals surface area contributed by atoms with Crippen molar-refractivity contribution in [2.75, 3.05) is 0 Å². The molecule has 0 saturated heterocycles. The lowest BCUT2D eigenvalue weighted by molar-refractivity contribution is 0.0987. The van der Waals surface area contributed by atoms with E-state index in [1.807, 2.05) is 0 Å². The van der Waals surface area contributed by atoms with Crippen LogP contribution >= 0.6 is 0 Å². The summed E-state index contributed by atoms with van der Waals surface area (Å²) >= 11 is 0. The Labute approximate surface area is 105 Å². The first-order chi connectivity index (χ1) is 8.17. The highest BCUT2D eigenvalue weighted by molar-refractivity contribution is 7.93. The molecule has 0 aliphatic heterocycles. The van der Waals surface area contributed by atoms with E-state index in [1.165, 1.54) is 20.8 Å². The number of carbonyl (C=O) groups is 1. The van der Waals surface area contributed by atoms with Crippen molar-refractivity contribution < 1.29 is 22.0 Å². The highest BCUT2D eigenvalue weighted by Gasteiger charge is 2.32. The lowest BCUT2D eigenvalue weighted by Crippen LogP contribution is -2.33. The summed E-state index contributed by atoms with van der Waals surface area (Å²) in [7, 11) is -3.66. The average molecular weight is 276 g/mol. The topological polar surface area (TPSA) is 51.2 Å². The van der Waals surface area contributed by atoms with Gasteiger partial charge >= 0.3 is 0 Å². The number of ketones is 1. The molecule has 100 valence electrons. The first kappa shape index (κ1) is 14.8. The maximum Gasteiger partial charge on any atom is 0.183 e. The van der Waals surface area contributed by atoms with Gasteiger partial charge in [0.2, 0.25) is 0 Å². The molecule has 1 unspecified atom stereocenters. The summed E-state index contributed by atoms with van der Waals surface area (Å²) in [4.78, 5) is 11.9. The number of sulfone groups is 1. The maximum atomic E-state index is 13.4. The Morgan fingerprint density at radius 3 is 2.17 bits per heavy atom. The highest BCUT2D eigenvalue weighted by Crippen LogP contribution is 2.17. The minimum Gasteiger partial charge on any atom is -0.293 e. The molecule has 1 aromatic carbocycles. The van der Waals surface area contributed by atoms with E-state index < -0.39 is 43.3 Å². The van der Waals surface area contributed by atoms with Gasteiger partial charge in [-0.25, -0.2) is 17.2 Å². The maximum absolute atomic E-state index is 13.4. The molecule has 0 aromatic heterocycles. The van der Waals surface area contributed by atoms with Gasteiger partial charge in [-0.3, -0.25) is 4.79 Å². The Kier molecular flexibility index (Phi) is 4.21. The molecule has 0 amide bonds. The fourth-order valence-corrected chi connectivity index (χ4v) is 2.71. The lowest BCUT2D eigenvalue weighted by atomic mass is 10.1. The Bertz CT molecular complexity index is 565. The Balaban J connectivity index is 3.16. The molecule has 0 spiro atoms. The molecule has 0 heterocycles. The SMILES string of the molecule is CC(C)S(=O)(=O)C(C)C(=O)c1ccc(F)cc1F. The van der Waals surface area contributed by atoms with Crippen LogP contribution in [0.1, 0.15) is 31.1 Å². The second-order valence-electron chi connectivity index (χ2n) is 4.27. The quantitative estimate of drug-likeness (QED) is 0.793. The number of hydrogen-bond donors (Lipinski definition) is 0. The van der Waals surface area contributed by atoms with Crippen molar-refractivity contribution in [2.24, 2.45) is 0 Å². The van der Waals surface area contributed by atoms with Crippen molar-refractivity contribution in [3.8, 4) is 0 Å². The van der Waals surface area contributed by atoms with Gasteiger partial charge in [0.25, 0.3) is 0 Å². The molecule has 0 aliphatic carbocycles. The molecular formula is C12H14F2O3S. The Hall–Kier alpha value is -1.30. The van der Waals surface area contributed by atoms with E-state index in [-0.39, 0.29) is 0 Å². The third kappa shape index (κ3) is 2.75. The normalized spacial score (nSPS) is 13.7. The molecule has 0 N–H and O–H groups in total. The van der Waals surface area contributed by atoms with Gasteiger partial charge in [0.15, 0.2) is 15.6 Å². The summed E-state index contributed by atoms with van der Waals surface area (Å²) in [6.07, 6.45) is 0. The van der Waals surface area contributed by atoms with Crippen molar-refractivity contribution in [1.29, 1.82) is 0 Å². The molecule has 1 aromatic rings. The second-order valence-corrected chi connectivity index (χ2v) is 7.10. The predicted octanol–water partition coefficient (Wildman–Crippen LogP) is 2.36. The Morgan fingerprint density at radius 1 is 1.17 bits per heavy atom. The van der Waals surface area contributed by atoms with Crippen LogP contribution < -0.4 is 0 Å². The molecule has 0 aliphatic rings. The number of Topliss-reactive ketones (excluding diaryl/α,β-unsaturated/α-hetero) is 1. The van der Waals surface area contributed by atoms with Crippen LogP contribution in [0, 0.1) is 11.6 Å². The first-order valence-corrected chi connectivity index (χ1v) is 7.01. The van der Waals surface area contributed by atoms with Crippen molar-refractivity contribution in [3.63, 3.8) is 0 Å². The number of halogens is 2. The zero-order valence-electron chi connectivity index (χ0n) is 10.3. The molecule has 0 saturated carbocycles. The minimum atomic E-state index is -3.66. The monoisotopic (exact) mass is 276 g/mol. The summed E-state index contributed by atoms with van der Waals surface area (Å²) in [6, 6.07) is 2.44. The van der Waals surface area contributed by atoms with Crippen LogP contribution in [0.15, 0.2) is 18.2 Å². The lowest BCUT2D eigenvalue weighted by Gasteiger charge is -2.15. The van der Waals surface area contributed by atoms with Gasteiger partial charge in [-0.2, -0.15) is 0 Å². The Morgan fingerprint density at radius 2 is 1.72 bits per heavy atom. The zero-order chi connectivity index (χ0) is 14.1. The van der Waals surface area contributed by atoms with Crippen LogP contribution in [0.25, 0.3) is 0 Å². The van der Waals surface area contributed by atoms with Crippen molar-refractivity contribution >= 4 is 15.6 Å². The van der Waals surface area contributed by atoms with E-state index in [9.17, 15) is 22.0 Å². The summed E-state index contributed by atoms with van der Waals surface area (Å²) < 4.78 is 49.7. The molecule has 18 heavy (non-hydrogen) atoms. The summed E-state index contributed by atoms with van der Waals surface area (Å²) in [5.41, 5.74) is -0.409. The molecule has 0 bridgehead atoms. The van der Waals surface area contributed by atoms with Gasteiger partial charge < -0.3 is 0 Å². The summed E-state index contributed by atoms with van der Waals surface area (Å²) in [5.74, 6) is -2.73. The molecule has 6 heteroatoms. The van der Waals surface area contributed by atoms with Crippen LogP contribution in [-0.2, 0) is 9.84 Å². The predicted molar refractivity (Wildman–Crippen MR) is 64.2 cm³/mol. The molecule has 1 rings (SSSR count). The fraction of sp³-hybridized carbons (Fsp3) is 0.417. The number of carbonyl (C=O) groups excluding carboxylic acids is 1. The smallest absolute Gasteiger partial charge is 0.183 e. The van der Waals surface area contributed by atoms with Gasteiger partial charge in [-0.1, -0.05) is 0 Å². The molecule has 1 atom stereocenters. The van der Waals surface area contributed by atoms with E-state index in [2.05, 4.69) is 0 Å². The van der Waals surface area contributed by atoms with Crippen LogP contribution in [-0.4, -0.2) is 24.7 Å². The third-order valence-corrected chi connectivity index (χ3v) is 5.23. The number of rotatable bonds is 4.